The van der Waals surface area contributed by atoms with Gasteiger partial charge in [0.05, 0.1) is 23.9 Å². The van der Waals surface area contributed by atoms with Crippen LogP contribution in [0.1, 0.15) is 5.56 Å². The number of carbonyl (C=O) groups is 1. The summed E-state index contributed by atoms with van der Waals surface area (Å²) in [6, 6.07) is 4.34. The average molecular weight is 293 g/mol. The zero-order valence-electron chi connectivity index (χ0n) is 10.4. The SMILES string of the molecule is Cc1cccc(Cl)c1NC(=O)N(CCO)CC(F)F. The molecule has 0 unspecified atom stereocenters. The van der Waals surface area contributed by atoms with E-state index in [1.165, 1.54) is 0 Å². The van der Waals surface area contributed by atoms with E-state index in [0.29, 0.717) is 10.7 Å². The Morgan fingerprint density at radius 2 is 2.21 bits per heavy atom. The predicted molar refractivity (Wildman–Crippen MR) is 69.9 cm³/mol. The van der Waals surface area contributed by atoms with E-state index in [-0.39, 0.29) is 13.2 Å². The van der Waals surface area contributed by atoms with Crippen LogP contribution in [-0.2, 0) is 0 Å². The molecule has 4 nitrogen and oxygen atoms in total. The van der Waals surface area contributed by atoms with E-state index >= 15 is 0 Å². The molecule has 0 aliphatic rings. The van der Waals surface area contributed by atoms with Gasteiger partial charge in [-0.25, -0.2) is 13.6 Å². The second kappa shape index (κ2) is 7.25. The molecule has 0 radical (unpaired) electrons. The van der Waals surface area contributed by atoms with Crippen LogP contribution < -0.4 is 5.32 Å². The molecular weight excluding hydrogens is 278 g/mol. The molecule has 0 aliphatic heterocycles. The van der Waals surface area contributed by atoms with Gasteiger partial charge in [-0.2, -0.15) is 0 Å². The number of benzene rings is 1. The minimum Gasteiger partial charge on any atom is -0.395 e. The number of urea groups is 1. The van der Waals surface area contributed by atoms with E-state index in [2.05, 4.69) is 5.32 Å². The van der Waals surface area contributed by atoms with Crippen molar-refractivity contribution in [2.75, 3.05) is 25.0 Å². The number of aliphatic hydroxyl groups is 1. The molecule has 7 heteroatoms. The highest BCUT2D eigenvalue weighted by atomic mass is 35.5. The number of amides is 2. The normalized spacial score (nSPS) is 10.6. The summed E-state index contributed by atoms with van der Waals surface area (Å²) in [4.78, 5) is 12.7. The molecule has 19 heavy (non-hydrogen) atoms. The number of rotatable bonds is 5. The molecule has 0 saturated carbocycles. The van der Waals surface area contributed by atoms with E-state index in [1.54, 1.807) is 25.1 Å². The van der Waals surface area contributed by atoms with Crippen molar-refractivity contribution in [3.05, 3.63) is 28.8 Å². The minimum absolute atomic E-state index is 0.167. The first kappa shape index (κ1) is 15.7. The Morgan fingerprint density at radius 1 is 1.53 bits per heavy atom. The lowest BCUT2D eigenvalue weighted by Crippen LogP contribution is -2.40. The third-order valence-corrected chi connectivity index (χ3v) is 2.78. The van der Waals surface area contributed by atoms with Crippen LogP contribution in [0.4, 0.5) is 19.3 Å². The predicted octanol–water partition coefficient (Wildman–Crippen LogP) is 2.74. The molecule has 0 bridgehead atoms. The lowest BCUT2D eigenvalue weighted by Gasteiger charge is -2.22. The van der Waals surface area contributed by atoms with Crippen LogP contribution in [0, 0.1) is 6.92 Å². The van der Waals surface area contributed by atoms with Gasteiger partial charge in [0.25, 0.3) is 6.43 Å². The summed E-state index contributed by atoms with van der Waals surface area (Å²) in [5.41, 5.74) is 1.10. The molecule has 0 heterocycles. The Labute approximate surface area is 115 Å². The number of anilines is 1. The topological polar surface area (TPSA) is 52.6 Å². The van der Waals surface area contributed by atoms with Crippen molar-refractivity contribution in [1.29, 1.82) is 0 Å². The van der Waals surface area contributed by atoms with E-state index in [0.717, 1.165) is 10.5 Å². The van der Waals surface area contributed by atoms with Gasteiger partial charge in [-0.1, -0.05) is 23.7 Å². The number of halogens is 3. The molecule has 2 N–H and O–H groups in total. The number of para-hydroxylation sites is 1. The van der Waals surface area contributed by atoms with Crippen molar-refractivity contribution in [2.45, 2.75) is 13.3 Å². The zero-order chi connectivity index (χ0) is 14.4. The molecule has 0 aliphatic carbocycles. The van der Waals surface area contributed by atoms with Gasteiger partial charge in [0.1, 0.15) is 0 Å². The largest absolute Gasteiger partial charge is 0.395 e. The van der Waals surface area contributed by atoms with Crippen molar-refractivity contribution in [3.8, 4) is 0 Å². The number of nitrogens with zero attached hydrogens (tertiary/aromatic N) is 1. The van der Waals surface area contributed by atoms with Gasteiger partial charge in [-0.05, 0) is 18.6 Å². The fourth-order valence-corrected chi connectivity index (χ4v) is 1.81. The standard InChI is InChI=1S/C12H15ClF2N2O2/c1-8-3-2-4-9(13)11(8)16-12(19)17(5-6-18)7-10(14)15/h2-4,10,18H,5-7H2,1H3,(H,16,19). The maximum absolute atomic E-state index is 12.3. The van der Waals surface area contributed by atoms with E-state index in [4.69, 9.17) is 16.7 Å². The summed E-state index contributed by atoms with van der Waals surface area (Å²) in [6.45, 7) is 0.447. The van der Waals surface area contributed by atoms with Crippen molar-refractivity contribution in [1.82, 2.24) is 4.90 Å². The van der Waals surface area contributed by atoms with Crippen LogP contribution in [0.15, 0.2) is 18.2 Å². The molecule has 0 fully saturated rings. The zero-order valence-corrected chi connectivity index (χ0v) is 11.1. The Balaban J connectivity index is 2.81. The van der Waals surface area contributed by atoms with Gasteiger partial charge in [-0.3, -0.25) is 0 Å². The third kappa shape index (κ3) is 4.65. The van der Waals surface area contributed by atoms with Crippen LogP contribution in [0.5, 0.6) is 0 Å². The quantitative estimate of drug-likeness (QED) is 0.877. The number of hydrogen-bond donors (Lipinski definition) is 2. The molecule has 1 aromatic rings. The van der Waals surface area contributed by atoms with Crippen molar-refractivity contribution in [2.24, 2.45) is 0 Å². The lowest BCUT2D eigenvalue weighted by atomic mass is 10.2. The fraction of sp³-hybridized carbons (Fsp3) is 0.417. The van der Waals surface area contributed by atoms with Gasteiger partial charge in [-0.15, -0.1) is 0 Å². The maximum atomic E-state index is 12.3. The third-order valence-electron chi connectivity index (χ3n) is 2.47. The molecule has 106 valence electrons. The number of hydrogen-bond acceptors (Lipinski definition) is 2. The molecule has 1 aromatic carbocycles. The number of carbonyl (C=O) groups excluding carboxylic acids is 1. The van der Waals surface area contributed by atoms with Gasteiger partial charge in [0, 0.05) is 6.54 Å². The van der Waals surface area contributed by atoms with Crippen LogP contribution in [0.2, 0.25) is 5.02 Å². The maximum Gasteiger partial charge on any atom is 0.322 e. The van der Waals surface area contributed by atoms with E-state index in [1.807, 2.05) is 0 Å². The van der Waals surface area contributed by atoms with Crippen LogP contribution >= 0.6 is 11.6 Å². The minimum atomic E-state index is -2.66. The highest BCUT2D eigenvalue weighted by Crippen LogP contribution is 2.25. The van der Waals surface area contributed by atoms with Gasteiger partial charge >= 0.3 is 6.03 Å². The monoisotopic (exact) mass is 292 g/mol. The van der Waals surface area contributed by atoms with Gasteiger partial charge in [0.15, 0.2) is 0 Å². The first-order chi connectivity index (χ1) is 8.95. The summed E-state index contributed by atoms with van der Waals surface area (Å²) in [6.07, 6.45) is -2.66. The summed E-state index contributed by atoms with van der Waals surface area (Å²) >= 11 is 5.93. The molecular formula is C12H15ClF2N2O2. The molecule has 0 spiro atoms. The highest BCUT2D eigenvalue weighted by Gasteiger charge is 2.19. The highest BCUT2D eigenvalue weighted by molar-refractivity contribution is 6.33. The Bertz CT molecular complexity index is 423. The second-order valence-electron chi connectivity index (χ2n) is 3.92. The van der Waals surface area contributed by atoms with E-state index < -0.39 is 19.0 Å². The number of alkyl halides is 2. The lowest BCUT2D eigenvalue weighted by molar-refractivity contribution is 0.0943. The van der Waals surface area contributed by atoms with Gasteiger partial charge in [0.2, 0.25) is 0 Å². The Morgan fingerprint density at radius 3 is 2.74 bits per heavy atom. The number of aryl methyl sites for hydroxylation is 1. The van der Waals surface area contributed by atoms with Crippen LogP contribution in [-0.4, -0.2) is 42.2 Å². The van der Waals surface area contributed by atoms with Crippen molar-refractivity contribution >= 4 is 23.3 Å². The average Bonchev–Trinajstić information content (AvgIpc) is 2.32. The van der Waals surface area contributed by atoms with E-state index in [9.17, 15) is 13.6 Å². The molecule has 1 rings (SSSR count). The molecule has 2 amide bonds. The second-order valence-corrected chi connectivity index (χ2v) is 4.33. The summed E-state index contributed by atoms with van der Waals surface area (Å²) in [5, 5.41) is 11.6. The van der Waals surface area contributed by atoms with Crippen LogP contribution in [0.3, 0.4) is 0 Å². The van der Waals surface area contributed by atoms with Crippen molar-refractivity contribution in [3.63, 3.8) is 0 Å². The van der Waals surface area contributed by atoms with Crippen LogP contribution in [0.25, 0.3) is 0 Å². The Hall–Kier alpha value is -1.40. The number of nitrogens with one attached hydrogen (secondary N) is 1. The summed E-state index contributed by atoms with van der Waals surface area (Å²) in [7, 11) is 0. The smallest absolute Gasteiger partial charge is 0.322 e. The molecule has 0 saturated heterocycles. The fourth-order valence-electron chi connectivity index (χ4n) is 1.54. The summed E-state index contributed by atoms with van der Waals surface area (Å²) in [5.74, 6) is 0. The first-order valence-electron chi connectivity index (χ1n) is 5.65. The van der Waals surface area contributed by atoms with Crippen molar-refractivity contribution < 1.29 is 18.7 Å². The summed E-state index contributed by atoms with van der Waals surface area (Å²) < 4.78 is 24.7. The first-order valence-corrected chi connectivity index (χ1v) is 6.03. The molecule has 0 atom stereocenters. The van der Waals surface area contributed by atoms with Gasteiger partial charge < -0.3 is 15.3 Å². The number of aliphatic hydroxyl groups excluding tert-OH is 1. The molecule has 0 aromatic heterocycles. The Kier molecular flexibility index (Phi) is 5.98.